The first-order valence-corrected chi connectivity index (χ1v) is 5.02. The molecule has 0 bridgehead atoms. The smallest absolute Gasteiger partial charge is 0.332 e. The van der Waals surface area contributed by atoms with Crippen molar-refractivity contribution in [3.05, 3.63) is 23.5 Å². The van der Waals surface area contributed by atoms with Gasteiger partial charge in [0.1, 0.15) is 0 Å². The highest BCUT2D eigenvalue weighted by molar-refractivity contribution is 5.89. The Morgan fingerprint density at radius 2 is 1.93 bits per heavy atom. The molecule has 0 fully saturated rings. The highest BCUT2D eigenvalue weighted by Gasteiger charge is 2.45. The van der Waals surface area contributed by atoms with Crippen molar-refractivity contribution >= 4 is 5.97 Å². The zero-order valence-corrected chi connectivity index (χ0v) is 9.66. The van der Waals surface area contributed by atoms with Crippen molar-refractivity contribution in [3.63, 3.8) is 0 Å². The fraction of sp³-hybridized carbons (Fsp3) is 0.583. The van der Waals surface area contributed by atoms with Gasteiger partial charge in [-0.3, -0.25) is 0 Å². The summed E-state index contributed by atoms with van der Waals surface area (Å²) in [6, 6.07) is 0. The number of hydrogen-bond donors (Lipinski definition) is 2. The van der Waals surface area contributed by atoms with Gasteiger partial charge in [-0.15, -0.1) is 0 Å². The minimum absolute atomic E-state index is 0.209. The molecule has 1 aliphatic rings. The molecule has 0 aromatic heterocycles. The van der Waals surface area contributed by atoms with Crippen LogP contribution in [0.15, 0.2) is 23.5 Å². The summed E-state index contributed by atoms with van der Waals surface area (Å²) in [5.41, 5.74) is -0.371. The van der Waals surface area contributed by atoms with Crippen molar-refractivity contribution in [1.82, 2.24) is 0 Å². The van der Waals surface area contributed by atoms with Crippen LogP contribution in [-0.4, -0.2) is 16.2 Å². The minimum Gasteiger partial charge on any atom is -0.512 e. The van der Waals surface area contributed by atoms with Gasteiger partial charge in [-0.25, -0.2) is 4.79 Å². The number of hydrogen-bond acceptors (Lipinski definition) is 2. The van der Waals surface area contributed by atoms with Gasteiger partial charge in [0.15, 0.2) is 0 Å². The SMILES string of the molecule is CC(C)(C)C1(C)CC(O)=CC=C1C(=O)O. The third-order valence-corrected chi connectivity index (χ3v) is 3.46. The molecule has 0 radical (unpaired) electrons. The molecule has 0 saturated carbocycles. The topological polar surface area (TPSA) is 57.5 Å². The first kappa shape index (κ1) is 11.8. The van der Waals surface area contributed by atoms with Crippen LogP contribution in [0.2, 0.25) is 0 Å². The molecule has 0 saturated heterocycles. The minimum atomic E-state index is -0.906. The third kappa shape index (κ3) is 1.91. The molecule has 1 atom stereocenters. The average molecular weight is 210 g/mol. The van der Waals surface area contributed by atoms with Crippen LogP contribution in [0.3, 0.4) is 0 Å². The fourth-order valence-electron chi connectivity index (χ4n) is 1.86. The zero-order valence-electron chi connectivity index (χ0n) is 9.66. The van der Waals surface area contributed by atoms with E-state index in [1.165, 1.54) is 12.2 Å². The van der Waals surface area contributed by atoms with Crippen molar-refractivity contribution in [3.8, 4) is 0 Å². The summed E-state index contributed by atoms with van der Waals surface area (Å²) < 4.78 is 0. The fourth-order valence-corrected chi connectivity index (χ4v) is 1.86. The maximum absolute atomic E-state index is 11.1. The van der Waals surface area contributed by atoms with Gasteiger partial charge >= 0.3 is 5.97 Å². The van der Waals surface area contributed by atoms with E-state index in [2.05, 4.69) is 0 Å². The standard InChI is InChI=1S/C12H18O3/c1-11(2,3)12(4)7-8(13)5-6-9(12)10(14)15/h5-6,13H,7H2,1-4H3,(H,14,15). The Hall–Kier alpha value is -1.25. The van der Waals surface area contributed by atoms with E-state index in [0.717, 1.165) is 0 Å². The summed E-state index contributed by atoms with van der Waals surface area (Å²) in [7, 11) is 0. The molecular formula is C12H18O3. The number of carboxylic acid groups (broad SMARTS) is 1. The summed E-state index contributed by atoms with van der Waals surface area (Å²) in [5, 5.41) is 18.7. The Morgan fingerprint density at radius 3 is 2.33 bits per heavy atom. The lowest BCUT2D eigenvalue weighted by Gasteiger charge is -2.43. The lowest BCUT2D eigenvalue weighted by molar-refractivity contribution is -0.135. The molecule has 3 nitrogen and oxygen atoms in total. The second-order valence-electron chi connectivity index (χ2n) is 5.30. The Labute approximate surface area is 90.1 Å². The van der Waals surface area contributed by atoms with Gasteiger partial charge in [0.05, 0.1) is 5.76 Å². The molecule has 0 aliphatic heterocycles. The molecule has 2 N–H and O–H groups in total. The number of aliphatic carboxylic acids is 1. The average Bonchev–Trinajstić information content (AvgIpc) is 2.00. The maximum atomic E-state index is 11.1. The number of aliphatic hydroxyl groups is 1. The predicted molar refractivity (Wildman–Crippen MR) is 58.6 cm³/mol. The maximum Gasteiger partial charge on any atom is 0.332 e. The molecule has 0 heterocycles. The van der Waals surface area contributed by atoms with Crippen LogP contribution >= 0.6 is 0 Å². The number of carboxylic acids is 1. The number of carbonyl (C=O) groups is 1. The van der Waals surface area contributed by atoms with Crippen molar-refractivity contribution < 1.29 is 15.0 Å². The van der Waals surface area contributed by atoms with Crippen molar-refractivity contribution in [2.45, 2.75) is 34.1 Å². The van der Waals surface area contributed by atoms with Crippen LogP contribution in [0.4, 0.5) is 0 Å². The quantitative estimate of drug-likeness (QED) is 0.699. The van der Waals surface area contributed by atoms with E-state index in [-0.39, 0.29) is 11.2 Å². The van der Waals surface area contributed by atoms with Gasteiger partial charge in [-0.05, 0) is 17.6 Å². The Bertz CT molecular complexity index is 344. The molecule has 3 heteroatoms. The Morgan fingerprint density at radius 1 is 1.40 bits per heavy atom. The van der Waals surface area contributed by atoms with Crippen LogP contribution < -0.4 is 0 Å². The summed E-state index contributed by atoms with van der Waals surface area (Å²) in [5.74, 6) is -0.659. The molecule has 15 heavy (non-hydrogen) atoms. The first-order chi connectivity index (χ1) is 6.68. The highest BCUT2D eigenvalue weighted by Crippen LogP contribution is 2.50. The Balaban J connectivity index is 3.25. The second kappa shape index (κ2) is 3.40. The van der Waals surface area contributed by atoms with E-state index in [9.17, 15) is 9.90 Å². The van der Waals surface area contributed by atoms with Gasteiger partial charge in [0, 0.05) is 17.4 Å². The van der Waals surface area contributed by atoms with Crippen molar-refractivity contribution in [2.75, 3.05) is 0 Å². The largest absolute Gasteiger partial charge is 0.512 e. The van der Waals surface area contributed by atoms with Crippen LogP contribution in [-0.2, 0) is 4.79 Å². The molecule has 84 valence electrons. The first-order valence-electron chi connectivity index (χ1n) is 5.02. The molecular weight excluding hydrogens is 192 g/mol. The lowest BCUT2D eigenvalue weighted by Crippen LogP contribution is -2.39. The summed E-state index contributed by atoms with van der Waals surface area (Å²) >= 11 is 0. The molecule has 1 aliphatic carbocycles. The number of rotatable bonds is 1. The van der Waals surface area contributed by atoms with E-state index in [1.54, 1.807) is 0 Å². The van der Waals surface area contributed by atoms with E-state index >= 15 is 0 Å². The normalized spacial score (nSPS) is 26.9. The van der Waals surface area contributed by atoms with E-state index in [4.69, 9.17) is 5.11 Å². The van der Waals surface area contributed by atoms with E-state index < -0.39 is 11.4 Å². The summed E-state index contributed by atoms with van der Waals surface area (Å²) in [4.78, 5) is 11.1. The monoisotopic (exact) mass is 210 g/mol. The van der Waals surface area contributed by atoms with Gasteiger partial charge < -0.3 is 10.2 Å². The third-order valence-electron chi connectivity index (χ3n) is 3.46. The van der Waals surface area contributed by atoms with Crippen molar-refractivity contribution in [2.24, 2.45) is 10.8 Å². The molecule has 1 rings (SSSR count). The van der Waals surface area contributed by atoms with Gasteiger partial charge in [0.2, 0.25) is 0 Å². The molecule has 0 aromatic rings. The van der Waals surface area contributed by atoms with E-state index in [1.807, 2.05) is 27.7 Å². The van der Waals surface area contributed by atoms with Crippen molar-refractivity contribution in [1.29, 1.82) is 0 Å². The van der Waals surface area contributed by atoms with E-state index in [0.29, 0.717) is 12.0 Å². The van der Waals surface area contributed by atoms with Gasteiger partial charge in [0.25, 0.3) is 0 Å². The predicted octanol–water partition coefficient (Wildman–Crippen LogP) is 2.90. The number of aliphatic hydroxyl groups excluding tert-OH is 1. The lowest BCUT2D eigenvalue weighted by atomic mass is 9.60. The van der Waals surface area contributed by atoms with Crippen LogP contribution in [0.1, 0.15) is 34.1 Å². The van der Waals surface area contributed by atoms with Crippen LogP contribution in [0.5, 0.6) is 0 Å². The summed E-state index contributed by atoms with van der Waals surface area (Å²) in [6.07, 6.45) is 3.36. The highest BCUT2D eigenvalue weighted by atomic mass is 16.4. The van der Waals surface area contributed by atoms with Crippen LogP contribution in [0.25, 0.3) is 0 Å². The molecule has 0 spiro atoms. The van der Waals surface area contributed by atoms with Gasteiger partial charge in [-0.2, -0.15) is 0 Å². The van der Waals surface area contributed by atoms with Crippen LogP contribution in [0, 0.1) is 10.8 Å². The second-order valence-corrected chi connectivity index (χ2v) is 5.30. The Kier molecular flexibility index (Phi) is 2.68. The molecule has 0 amide bonds. The number of allylic oxidation sites excluding steroid dienone is 3. The summed E-state index contributed by atoms with van der Waals surface area (Å²) in [6.45, 7) is 7.85. The molecule has 1 unspecified atom stereocenters. The van der Waals surface area contributed by atoms with Gasteiger partial charge in [-0.1, -0.05) is 27.7 Å². The zero-order chi connectivity index (χ0) is 11.9. The molecule has 0 aromatic carbocycles.